The molecule has 0 heterocycles. The van der Waals surface area contributed by atoms with Crippen molar-refractivity contribution in [2.75, 3.05) is 7.11 Å². The minimum Gasteiger partial charge on any atom is -0.466 e. The van der Waals surface area contributed by atoms with Crippen LogP contribution < -0.4 is 0 Å². The van der Waals surface area contributed by atoms with E-state index in [2.05, 4.69) is 20.4 Å². The second kappa shape index (κ2) is 5.29. The highest BCUT2D eigenvalue weighted by molar-refractivity contribution is 5.89. The van der Waals surface area contributed by atoms with E-state index in [1.54, 1.807) is 0 Å². The first-order valence-corrected chi connectivity index (χ1v) is 7.00. The average molecular weight is 248 g/mol. The lowest BCUT2D eigenvalue weighted by molar-refractivity contribution is -0.136. The van der Waals surface area contributed by atoms with Gasteiger partial charge in [-0.2, -0.15) is 0 Å². The Morgan fingerprint density at radius 1 is 1.33 bits per heavy atom. The Balaban J connectivity index is 2.31. The molecule has 1 fully saturated rings. The minimum atomic E-state index is -0.105. The molecule has 0 unspecified atom stereocenters. The van der Waals surface area contributed by atoms with E-state index in [0.717, 1.165) is 24.8 Å². The standard InChI is InChI=1S/C16H24O2/c1-10(2)12-6-8-14(16(17)18-4)13-7-5-11(3)15(13)9-12/h11-12,15H,1,5-9H2,2-4H3/t11-,12+,15-/m0/s1. The molecule has 0 aliphatic heterocycles. The lowest BCUT2D eigenvalue weighted by atomic mass is 9.83. The fourth-order valence-corrected chi connectivity index (χ4v) is 3.57. The van der Waals surface area contributed by atoms with Gasteiger partial charge in [-0.05, 0) is 56.8 Å². The maximum atomic E-state index is 11.9. The highest BCUT2D eigenvalue weighted by atomic mass is 16.5. The second-order valence-electron chi connectivity index (χ2n) is 5.94. The summed E-state index contributed by atoms with van der Waals surface area (Å²) >= 11 is 0. The Morgan fingerprint density at radius 3 is 2.67 bits per heavy atom. The summed E-state index contributed by atoms with van der Waals surface area (Å²) < 4.78 is 4.97. The van der Waals surface area contributed by atoms with Crippen molar-refractivity contribution in [3.63, 3.8) is 0 Å². The fourth-order valence-electron chi connectivity index (χ4n) is 3.57. The number of hydrogen-bond donors (Lipinski definition) is 0. The zero-order valence-corrected chi connectivity index (χ0v) is 11.8. The molecule has 2 nitrogen and oxygen atoms in total. The van der Waals surface area contributed by atoms with Crippen molar-refractivity contribution in [1.29, 1.82) is 0 Å². The molecule has 0 aromatic rings. The third kappa shape index (κ3) is 2.38. The SMILES string of the molecule is C=C(C)[C@@H]1CCC(C(=O)OC)=C2CC[C@H](C)[C@@H]2C1. The number of carbonyl (C=O) groups is 1. The van der Waals surface area contributed by atoms with E-state index >= 15 is 0 Å². The molecule has 2 rings (SSSR count). The molecule has 0 aromatic carbocycles. The van der Waals surface area contributed by atoms with Gasteiger partial charge in [0.15, 0.2) is 0 Å². The highest BCUT2D eigenvalue weighted by Gasteiger charge is 2.36. The van der Waals surface area contributed by atoms with Crippen molar-refractivity contribution in [3.8, 4) is 0 Å². The van der Waals surface area contributed by atoms with Gasteiger partial charge < -0.3 is 4.74 Å². The summed E-state index contributed by atoms with van der Waals surface area (Å²) in [4.78, 5) is 11.9. The van der Waals surface area contributed by atoms with Crippen LogP contribution in [0.2, 0.25) is 0 Å². The molecule has 0 aromatic heterocycles. The van der Waals surface area contributed by atoms with Gasteiger partial charge >= 0.3 is 5.97 Å². The number of esters is 1. The number of fused-ring (bicyclic) bond motifs is 1. The number of ether oxygens (including phenoxy) is 1. The fraction of sp³-hybridized carbons (Fsp3) is 0.688. The summed E-state index contributed by atoms with van der Waals surface area (Å²) in [7, 11) is 1.49. The van der Waals surface area contributed by atoms with Gasteiger partial charge in [0.1, 0.15) is 0 Å². The normalized spacial score (nSPS) is 31.8. The lowest BCUT2D eigenvalue weighted by Crippen LogP contribution is -2.12. The Labute approximate surface area is 110 Å². The summed E-state index contributed by atoms with van der Waals surface area (Å²) in [6.07, 6.45) is 5.38. The van der Waals surface area contributed by atoms with E-state index in [-0.39, 0.29) is 5.97 Å². The van der Waals surface area contributed by atoms with Crippen LogP contribution in [-0.2, 0) is 9.53 Å². The van der Waals surface area contributed by atoms with Crippen molar-refractivity contribution in [1.82, 2.24) is 0 Å². The van der Waals surface area contributed by atoms with Crippen LogP contribution in [0.25, 0.3) is 0 Å². The number of allylic oxidation sites excluding steroid dienone is 2. The van der Waals surface area contributed by atoms with Crippen LogP contribution in [0.4, 0.5) is 0 Å². The van der Waals surface area contributed by atoms with Crippen LogP contribution in [0.1, 0.15) is 46.0 Å². The van der Waals surface area contributed by atoms with Crippen LogP contribution in [0, 0.1) is 17.8 Å². The zero-order chi connectivity index (χ0) is 13.3. The first-order valence-electron chi connectivity index (χ1n) is 7.00. The van der Waals surface area contributed by atoms with Crippen molar-refractivity contribution in [3.05, 3.63) is 23.3 Å². The number of rotatable bonds is 2. The van der Waals surface area contributed by atoms with E-state index in [1.807, 2.05) is 0 Å². The summed E-state index contributed by atoms with van der Waals surface area (Å²) in [5.41, 5.74) is 3.62. The summed E-state index contributed by atoms with van der Waals surface area (Å²) in [6, 6.07) is 0. The van der Waals surface area contributed by atoms with Gasteiger partial charge in [0.2, 0.25) is 0 Å². The van der Waals surface area contributed by atoms with Crippen molar-refractivity contribution in [2.45, 2.75) is 46.0 Å². The minimum absolute atomic E-state index is 0.105. The van der Waals surface area contributed by atoms with E-state index < -0.39 is 0 Å². The Kier molecular flexibility index (Phi) is 3.94. The molecule has 100 valence electrons. The topological polar surface area (TPSA) is 26.3 Å². The Hall–Kier alpha value is -1.05. The van der Waals surface area contributed by atoms with Gasteiger partial charge in [0.25, 0.3) is 0 Å². The molecule has 18 heavy (non-hydrogen) atoms. The number of hydrogen-bond acceptors (Lipinski definition) is 2. The van der Waals surface area contributed by atoms with Gasteiger partial charge in [-0.3, -0.25) is 0 Å². The molecular weight excluding hydrogens is 224 g/mol. The molecular formula is C16H24O2. The Bertz CT molecular complexity index is 392. The number of carbonyl (C=O) groups excluding carboxylic acids is 1. The molecule has 2 aliphatic rings. The summed E-state index contributed by atoms with van der Waals surface area (Å²) in [6.45, 7) is 8.55. The zero-order valence-electron chi connectivity index (χ0n) is 11.8. The highest BCUT2D eigenvalue weighted by Crippen LogP contribution is 2.46. The van der Waals surface area contributed by atoms with Crippen LogP contribution in [-0.4, -0.2) is 13.1 Å². The molecule has 3 atom stereocenters. The van der Waals surface area contributed by atoms with E-state index in [1.165, 1.54) is 31.1 Å². The largest absolute Gasteiger partial charge is 0.466 e. The molecule has 0 spiro atoms. The molecule has 0 N–H and O–H groups in total. The van der Waals surface area contributed by atoms with Gasteiger partial charge in [-0.15, -0.1) is 0 Å². The quantitative estimate of drug-likeness (QED) is 0.547. The molecule has 0 radical (unpaired) electrons. The third-order valence-electron chi connectivity index (χ3n) is 4.80. The Morgan fingerprint density at radius 2 is 2.06 bits per heavy atom. The summed E-state index contributed by atoms with van der Waals surface area (Å²) in [5, 5.41) is 0. The molecule has 0 amide bonds. The average Bonchev–Trinajstić information content (AvgIpc) is 2.60. The smallest absolute Gasteiger partial charge is 0.333 e. The van der Waals surface area contributed by atoms with Crippen LogP contribution >= 0.6 is 0 Å². The van der Waals surface area contributed by atoms with E-state index in [0.29, 0.717) is 17.8 Å². The van der Waals surface area contributed by atoms with E-state index in [9.17, 15) is 4.79 Å². The van der Waals surface area contributed by atoms with Crippen molar-refractivity contribution >= 4 is 5.97 Å². The predicted molar refractivity (Wildman–Crippen MR) is 73.1 cm³/mol. The van der Waals surface area contributed by atoms with Crippen LogP contribution in [0.5, 0.6) is 0 Å². The molecule has 2 aliphatic carbocycles. The predicted octanol–water partition coefficient (Wildman–Crippen LogP) is 3.88. The second-order valence-corrected chi connectivity index (χ2v) is 5.94. The molecule has 0 bridgehead atoms. The van der Waals surface area contributed by atoms with Gasteiger partial charge in [-0.25, -0.2) is 4.79 Å². The van der Waals surface area contributed by atoms with Gasteiger partial charge in [-0.1, -0.05) is 24.6 Å². The lowest BCUT2D eigenvalue weighted by Gasteiger charge is -2.22. The third-order valence-corrected chi connectivity index (χ3v) is 4.80. The van der Waals surface area contributed by atoms with Crippen molar-refractivity contribution < 1.29 is 9.53 Å². The number of methoxy groups -OCH3 is 1. The van der Waals surface area contributed by atoms with Gasteiger partial charge in [0.05, 0.1) is 7.11 Å². The van der Waals surface area contributed by atoms with Gasteiger partial charge in [0, 0.05) is 5.57 Å². The maximum Gasteiger partial charge on any atom is 0.333 e. The summed E-state index contributed by atoms with van der Waals surface area (Å²) in [5.74, 6) is 1.72. The molecule has 2 heteroatoms. The first-order chi connectivity index (χ1) is 8.54. The van der Waals surface area contributed by atoms with Crippen molar-refractivity contribution in [2.24, 2.45) is 17.8 Å². The van der Waals surface area contributed by atoms with E-state index in [4.69, 9.17) is 4.74 Å². The molecule has 0 saturated heterocycles. The van der Waals surface area contributed by atoms with Crippen LogP contribution in [0.15, 0.2) is 23.3 Å². The maximum absolute atomic E-state index is 11.9. The van der Waals surface area contributed by atoms with Crippen LogP contribution in [0.3, 0.4) is 0 Å². The molecule has 1 saturated carbocycles. The first kappa shape index (κ1) is 13.4. The monoisotopic (exact) mass is 248 g/mol.